The topological polar surface area (TPSA) is 35.5 Å². The Morgan fingerprint density at radius 3 is 2.76 bits per heavy atom. The van der Waals surface area contributed by atoms with Crippen LogP contribution in [-0.2, 0) is 0 Å². The molecular weight excluding hydrogens is 284 g/mol. The number of alkyl halides is 1. The van der Waals surface area contributed by atoms with E-state index in [-0.39, 0.29) is 5.78 Å². The molecule has 0 radical (unpaired) electrons. The number of hydrogen-bond donors (Lipinski definition) is 0. The Labute approximate surface area is 110 Å². The number of ether oxygens (including phenoxy) is 2. The van der Waals surface area contributed by atoms with E-state index in [1.165, 1.54) is 0 Å². The summed E-state index contributed by atoms with van der Waals surface area (Å²) in [6.45, 7) is 5.05. The zero-order chi connectivity index (χ0) is 12.7. The first-order chi connectivity index (χ1) is 8.22. The van der Waals surface area contributed by atoms with E-state index in [0.29, 0.717) is 30.9 Å². The highest BCUT2D eigenvalue weighted by Gasteiger charge is 2.18. The molecule has 3 nitrogen and oxygen atoms in total. The third-order valence-corrected chi connectivity index (χ3v) is 2.15. The zero-order valence-electron chi connectivity index (χ0n) is 10.2. The number of carbonyl (C=O) groups is 1. The molecule has 0 N–H and O–H groups in total. The molecule has 0 unspecified atom stereocenters. The SMILES string of the molecule is CCBr.CCOc1ccc2c(c1)C(=O)CCO2. The molecule has 0 amide bonds. The van der Waals surface area contributed by atoms with Crippen molar-refractivity contribution in [3.05, 3.63) is 23.8 Å². The molecule has 0 fully saturated rings. The van der Waals surface area contributed by atoms with Crippen LogP contribution >= 0.6 is 15.9 Å². The summed E-state index contributed by atoms with van der Waals surface area (Å²) in [5.74, 6) is 1.53. The first kappa shape index (κ1) is 14.0. The Kier molecular flexibility index (Phi) is 6.05. The Morgan fingerprint density at radius 2 is 2.12 bits per heavy atom. The lowest BCUT2D eigenvalue weighted by atomic mass is 10.1. The van der Waals surface area contributed by atoms with Crippen LogP contribution in [0.1, 0.15) is 30.6 Å². The van der Waals surface area contributed by atoms with Crippen molar-refractivity contribution in [2.75, 3.05) is 18.5 Å². The first-order valence-corrected chi connectivity index (χ1v) is 6.83. The number of halogens is 1. The van der Waals surface area contributed by atoms with Gasteiger partial charge in [-0.15, -0.1) is 0 Å². The minimum absolute atomic E-state index is 0.132. The molecule has 94 valence electrons. The lowest BCUT2D eigenvalue weighted by Crippen LogP contribution is -2.15. The molecule has 1 aromatic rings. The Bertz CT molecular complexity index is 377. The molecule has 0 aliphatic carbocycles. The number of Topliss-reactive ketones (excluding diaryl/α,β-unsaturated/α-hetero) is 1. The quantitative estimate of drug-likeness (QED) is 0.785. The smallest absolute Gasteiger partial charge is 0.170 e. The van der Waals surface area contributed by atoms with E-state index >= 15 is 0 Å². The van der Waals surface area contributed by atoms with Gasteiger partial charge < -0.3 is 9.47 Å². The van der Waals surface area contributed by atoms with Gasteiger partial charge in [-0.05, 0) is 25.1 Å². The van der Waals surface area contributed by atoms with Gasteiger partial charge >= 0.3 is 0 Å². The summed E-state index contributed by atoms with van der Waals surface area (Å²) in [7, 11) is 0. The van der Waals surface area contributed by atoms with Crippen LogP contribution in [-0.4, -0.2) is 24.3 Å². The Hall–Kier alpha value is -1.03. The van der Waals surface area contributed by atoms with Gasteiger partial charge in [-0.25, -0.2) is 0 Å². The van der Waals surface area contributed by atoms with E-state index in [1.54, 1.807) is 12.1 Å². The summed E-state index contributed by atoms with van der Waals surface area (Å²) < 4.78 is 10.7. The van der Waals surface area contributed by atoms with Gasteiger partial charge in [-0.2, -0.15) is 0 Å². The van der Waals surface area contributed by atoms with Crippen molar-refractivity contribution < 1.29 is 14.3 Å². The van der Waals surface area contributed by atoms with Crippen LogP contribution in [0.4, 0.5) is 0 Å². The lowest BCUT2D eigenvalue weighted by molar-refractivity contribution is 0.0933. The molecule has 1 aromatic carbocycles. The average Bonchev–Trinajstić information content (AvgIpc) is 2.32. The minimum Gasteiger partial charge on any atom is -0.494 e. The predicted octanol–water partition coefficient (Wildman–Crippen LogP) is 3.45. The molecule has 1 aliphatic rings. The van der Waals surface area contributed by atoms with Crippen molar-refractivity contribution in [1.29, 1.82) is 0 Å². The molecule has 17 heavy (non-hydrogen) atoms. The van der Waals surface area contributed by atoms with Crippen LogP contribution in [0.2, 0.25) is 0 Å². The monoisotopic (exact) mass is 300 g/mol. The molecule has 0 spiro atoms. The molecule has 0 saturated carbocycles. The van der Waals surface area contributed by atoms with Gasteiger partial charge in [0.2, 0.25) is 0 Å². The number of fused-ring (bicyclic) bond motifs is 1. The van der Waals surface area contributed by atoms with Crippen molar-refractivity contribution in [1.82, 2.24) is 0 Å². The van der Waals surface area contributed by atoms with E-state index in [2.05, 4.69) is 15.9 Å². The number of hydrogen-bond acceptors (Lipinski definition) is 3. The van der Waals surface area contributed by atoms with Crippen molar-refractivity contribution in [2.45, 2.75) is 20.3 Å². The van der Waals surface area contributed by atoms with Gasteiger partial charge in [0.1, 0.15) is 11.5 Å². The number of rotatable bonds is 2. The van der Waals surface area contributed by atoms with Crippen LogP contribution in [0.15, 0.2) is 18.2 Å². The molecule has 0 bridgehead atoms. The highest BCUT2D eigenvalue weighted by atomic mass is 79.9. The highest BCUT2D eigenvalue weighted by molar-refractivity contribution is 9.09. The van der Waals surface area contributed by atoms with Crippen LogP contribution in [0.3, 0.4) is 0 Å². The summed E-state index contributed by atoms with van der Waals surface area (Å²) in [6, 6.07) is 5.36. The minimum atomic E-state index is 0.132. The summed E-state index contributed by atoms with van der Waals surface area (Å²) in [4.78, 5) is 11.5. The molecule has 1 heterocycles. The summed E-state index contributed by atoms with van der Waals surface area (Å²) in [5, 5.41) is 1.06. The second-order valence-electron chi connectivity index (χ2n) is 3.38. The normalized spacial score (nSPS) is 13.0. The van der Waals surface area contributed by atoms with Gasteiger partial charge in [-0.3, -0.25) is 4.79 Å². The van der Waals surface area contributed by atoms with E-state index < -0.39 is 0 Å². The molecule has 0 atom stereocenters. The first-order valence-electron chi connectivity index (χ1n) is 5.71. The highest BCUT2D eigenvalue weighted by Crippen LogP contribution is 2.28. The van der Waals surface area contributed by atoms with Crippen LogP contribution in [0.25, 0.3) is 0 Å². The molecule has 1 aliphatic heterocycles. The lowest BCUT2D eigenvalue weighted by Gasteiger charge is -2.16. The molecular formula is C13H17BrO3. The average molecular weight is 301 g/mol. The van der Waals surface area contributed by atoms with Crippen LogP contribution in [0.5, 0.6) is 11.5 Å². The van der Waals surface area contributed by atoms with Gasteiger partial charge in [0, 0.05) is 11.8 Å². The second kappa shape index (κ2) is 7.33. The van der Waals surface area contributed by atoms with Gasteiger partial charge in [0.05, 0.1) is 18.8 Å². The van der Waals surface area contributed by atoms with Crippen molar-refractivity contribution in [3.8, 4) is 11.5 Å². The third-order valence-electron chi connectivity index (χ3n) is 2.15. The fourth-order valence-electron chi connectivity index (χ4n) is 1.50. The maximum atomic E-state index is 11.5. The van der Waals surface area contributed by atoms with E-state index in [4.69, 9.17) is 9.47 Å². The summed E-state index contributed by atoms with van der Waals surface area (Å²) in [6.07, 6.45) is 0.461. The molecule has 0 saturated heterocycles. The zero-order valence-corrected chi connectivity index (χ0v) is 11.7. The van der Waals surface area contributed by atoms with Crippen LogP contribution < -0.4 is 9.47 Å². The summed E-state index contributed by atoms with van der Waals surface area (Å²) >= 11 is 3.15. The largest absolute Gasteiger partial charge is 0.494 e. The fraction of sp³-hybridized carbons (Fsp3) is 0.462. The number of ketones is 1. The summed E-state index contributed by atoms with van der Waals surface area (Å²) in [5.41, 5.74) is 0.641. The van der Waals surface area contributed by atoms with Crippen molar-refractivity contribution >= 4 is 21.7 Å². The standard InChI is InChI=1S/C11H12O3.C2H5Br/c1-2-13-8-3-4-11-9(7-8)10(12)5-6-14-11;1-2-3/h3-4,7H,2,5-6H2,1H3;2H2,1H3. The van der Waals surface area contributed by atoms with Gasteiger partial charge in [0.15, 0.2) is 5.78 Å². The molecule has 2 rings (SSSR count). The fourth-order valence-corrected chi connectivity index (χ4v) is 1.50. The molecule has 0 aromatic heterocycles. The maximum absolute atomic E-state index is 11.5. The number of carbonyl (C=O) groups excluding carboxylic acids is 1. The van der Waals surface area contributed by atoms with Crippen molar-refractivity contribution in [2.24, 2.45) is 0 Å². The predicted molar refractivity (Wildman–Crippen MR) is 71.5 cm³/mol. The Balaban J connectivity index is 0.000000437. The van der Waals surface area contributed by atoms with Gasteiger partial charge in [-0.1, -0.05) is 22.9 Å². The van der Waals surface area contributed by atoms with E-state index in [0.717, 1.165) is 11.1 Å². The third kappa shape index (κ3) is 4.04. The molecule has 4 heteroatoms. The van der Waals surface area contributed by atoms with Crippen molar-refractivity contribution in [3.63, 3.8) is 0 Å². The second-order valence-corrected chi connectivity index (χ2v) is 4.50. The Morgan fingerprint density at radius 1 is 1.41 bits per heavy atom. The number of benzene rings is 1. The van der Waals surface area contributed by atoms with Gasteiger partial charge in [0.25, 0.3) is 0 Å². The maximum Gasteiger partial charge on any atom is 0.170 e. The van der Waals surface area contributed by atoms with E-state index in [1.807, 2.05) is 19.9 Å². The van der Waals surface area contributed by atoms with E-state index in [9.17, 15) is 4.79 Å². The van der Waals surface area contributed by atoms with Crippen LogP contribution in [0, 0.1) is 0 Å².